The average molecular weight is 416 g/mol. The molecular formula is C20H25N5O3S. The van der Waals surface area contributed by atoms with Gasteiger partial charge in [-0.1, -0.05) is 6.07 Å². The summed E-state index contributed by atoms with van der Waals surface area (Å²) in [6.07, 6.45) is 6.72. The van der Waals surface area contributed by atoms with Gasteiger partial charge in [0.25, 0.3) is 5.91 Å². The predicted molar refractivity (Wildman–Crippen MR) is 109 cm³/mol. The summed E-state index contributed by atoms with van der Waals surface area (Å²) < 4.78 is 27.7. The van der Waals surface area contributed by atoms with Gasteiger partial charge in [0.05, 0.1) is 6.10 Å². The van der Waals surface area contributed by atoms with Gasteiger partial charge in [0.2, 0.25) is 5.88 Å². The van der Waals surface area contributed by atoms with Crippen LogP contribution in [0.5, 0.6) is 5.88 Å². The highest BCUT2D eigenvalue weighted by atomic mass is 32.2. The van der Waals surface area contributed by atoms with Crippen molar-refractivity contribution in [2.45, 2.75) is 69.4 Å². The smallest absolute Gasteiger partial charge is 0.277 e. The number of nitrogens with zero attached hydrogens (tertiary/aromatic N) is 2. The minimum Gasteiger partial charge on any atom is -0.474 e. The third-order valence-corrected chi connectivity index (χ3v) is 7.13. The highest BCUT2D eigenvalue weighted by Crippen LogP contribution is 2.39. The van der Waals surface area contributed by atoms with E-state index in [2.05, 4.69) is 16.5 Å². The fraction of sp³-hybridized carbons (Fsp3) is 0.500. The van der Waals surface area contributed by atoms with Crippen LogP contribution in [0.2, 0.25) is 0 Å². The van der Waals surface area contributed by atoms with Crippen molar-refractivity contribution in [1.29, 1.82) is 4.78 Å². The van der Waals surface area contributed by atoms with Crippen LogP contribution in [0, 0.1) is 4.78 Å². The standard InChI is InChI=1S/C20H25N5O3S/c1-11-8-9-25-20(28-11)18(29(21,22)27)17(24-25)19(26)23-16-14-6-2-4-12(14)10-13-5-3-7-15(13)16/h10-11H,2-9H2,1H3,(H,23,26)(H3,21,22,27). The number of carbonyl (C=O) groups is 1. The lowest BCUT2D eigenvalue weighted by molar-refractivity contribution is 0.101. The van der Waals surface area contributed by atoms with E-state index >= 15 is 0 Å². The number of nitrogens with one attached hydrogen (secondary N) is 2. The van der Waals surface area contributed by atoms with Crippen LogP contribution in [0.25, 0.3) is 0 Å². The highest BCUT2D eigenvalue weighted by molar-refractivity contribution is 7.90. The number of amides is 1. The van der Waals surface area contributed by atoms with Crippen LogP contribution in [0.15, 0.2) is 11.0 Å². The Kier molecular flexibility index (Phi) is 4.22. The summed E-state index contributed by atoms with van der Waals surface area (Å²) in [5.74, 6) is -0.294. The molecule has 5 rings (SSSR count). The molecule has 2 heterocycles. The Morgan fingerprint density at radius 3 is 2.55 bits per heavy atom. The zero-order valence-electron chi connectivity index (χ0n) is 16.4. The lowest BCUT2D eigenvalue weighted by atomic mass is 9.98. The zero-order chi connectivity index (χ0) is 20.3. The first-order chi connectivity index (χ1) is 13.8. The van der Waals surface area contributed by atoms with E-state index in [4.69, 9.17) is 14.7 Å². The maximum absolute atomic E-state index is 13.3. The lowest BCUT2D eigenvalue weighted by Crippen LogP contribution is -2.24. The normalized spacial score (nSPS) is 21.7. The molecule has 9 heteroatoms. The van der Waals surface area contributed by atoms with E-state index in [-0.39, 0.29) is 22.6 Å². The van der Waals surface area contributed by atoms with Gasteiger partial charge in [-0.15, -0.1) is 0 Å². The Morgan fingerprint density at radius 2 is 1.93 bits per heavy atom. The van der Waals surface area contributed by atoms with Crippen molar-refractivity contribution in [3.8, 4) is 5.88 Å². The number of aryl methyl sites for hydroxylation is 3. The molecule has 0 radical (unpaired) electrons. The Hall–Kier alpha value is -2.39. The molecule has 8 nitrogen and oxygen atoms in total. The molecule has 3 aliphatic rings. The Morgan fingerprint density at radius 1 is 1.28 bits per heavy atom. The second-order valence-corrected chi connectivity index (χ2v) is 9.82. The third-order valence-electron chi connectivity index (χ3n) is 6.15. The topological polar surface area (TPSA) is 123 Å². The van der Waals surface area contributed by atoms with Gasteiger partial charge in [-0.2, -0.15) is 5.10 Å². The molecule has 29 heavy (non-hydrogen) atoms. The first-order valence-electron chi connectivity index (χ1n) is 10.1. The summed E-state index contributed by atoms with van der Waals surface area (Å²) in [7, 11) is -3.68. The van der Waals surface area contributed by atoms with Crippen LogP contribution < -0.4 is 15.2 Å². The van der Waals surface area contributed by atoms with Gasteiger partial charge < -0.3 is 10.1 Å². The fourth-order valence-corrected chi connectivity index (χ4v) is 5.64. The summed E-state index contributed by atoms with van der Waals surface area (Å²) in [5.41, 5.74) is 5.84. The molecule has 1 aromatic heterocycles. The van der Waals surface area contributed by atoms with E-state index < -0.39 is 15.8 Å². The molecule has 1 amide bonds. The van der Waals surface area contributed by atoms with E-state index in [0.29, 0.717) is 6.54 Å². The van der Waals surface area contributed by atoms with Crippen molar-refractivity contribution >= 4 is 21.5 Å². The minimum absolute atomic E-state index is 0.0704. The molecule has 2 aliphatic carbocycles. The van der Waals surface area contributed by atoms with Gasteiger partial charge in [-0.3, -0.25) is 4.79 Å². The van der Waals surface area contributed by atoms with Gasteiger partial charge in [0.1, 0.15) is 9.92 Å². The molecule has 1 aliphatic heterocycles. The van der Waals surface area contributed by atoms with Crippen molar-refractivity contribution in [3.63, 3.8) is 0 Å². The van der Waals surface area contributed by atoms with Crippen molar-refractivity contribution < 1.29 is 13.7 Å². The van der Waals surface area contributed by atoms with Gasteiger partial charge in [0.15, 0.2) is 10.6 Å². The molecule has 154 valence electrons. The SMILES string of the molecule is CC1CCn2nc(C(=O)Nc3c4c(cc5c3CCC5)CCC4)c(S(=N)(N)=O)c2O1. The van der Waals surface area contributed by atoms with E-state index in [1.807, 2.05) is 6.92 Å². The molecule has 0 bridgehead atoms. The second kappa shape index (κ2) is 6.56. The van der Waals surface area contributed by atoms with E-state index in [0.717, 1.165) is 50.6 Å². The number of ether oxygens (including phenoxy) is 1. The molecular weight excluding hydrogens is 390 g/mol. The Balaban J connectivity index is 1.59. The highest BCUT2D eigenvalue weighted by Gasteiger charge is 2.34. The first-order valence-corrected chi connectivity index (χ1v) is 11.8. The molecule has 0 fully saturated rings. The summed E-state index contributed by atoms with van der Waals surface area (Å²) in [6.45, 7) is 2.42. The van der Waals surface area contributed by atoms with Crippen molar-refractivity contribution in [1.82, 2.24) is 9.78 Å². The van der Waals surface area contributed by atoms with Crippen LogP contribution in [0.3, 0.4) is 0 Å². The molecule has 1 aromatic carbocycles. The van der Waals surface area contributed by atoms with Crippen molar-refractivity contribution in [3.05, 3.63) is 34.0 Å². The minimum atomic E-state index is -3.68. The number of hydrogen-bond acceptors (Lipinski definition) is 5. The van der Waals surface area contributed by atoms with Crippen molar-refractivity contribution in [2.24, 2.45) is 5.14 Å². The largest absolute Gasteiger partial charge is 0.474 e. The summed E-state index contributed by atoms with van der Waals surface area (Å²) in [4.78, 5) is 13.2. The number of carbonyl (C=O) groups excluding carboxylic acids is 1. The van der Waals surface area contributed by atoms with Crippen LogP contribution in [-0.4, -0.2) is 26.0 Å². The lowest BCUT2D eigenvalue weighted by Gasteiger charge is -2.22. The van der Waals surface area contributed by atoms with Gasteiger partial charge >= 0.3 is 0 Å². The number of hydrogen-bond donors (Lipinski definition) is 3. The monoisotopic (exact) mass is 415 g/mol. The molecule has 0 spiro atoms. The number of rotatable bonds is 3. The molecule has 2 aromatic rings. The molecule has 2 atom stereocenters. The number of anilines is 1. The van der Waals surface area contributed by atoms with E-state index in [1.165, 1.54) is 26.9 Å². The maximum Gasteiger partial charge on any atom is 0.277 e. The first kappa shape index (κ1) is 18.6. The van der Waals surface area contributed by atoms with Gasteiger partial charge in [0, 0.05) is 18.7 Å². The Bertz CT molecular complexity index is 1100. The predicted octanol–water partition coefficient (Wildman–Crippen LogP) is 2.56. The number of benzene rings is 1. The summed E-state index contributed by atoms with van der Waals surface area (Å²) >= 11 is 0. The third kappa shape index (κ3) is 3.03. The fourth-order valence-electron chi connectivity index (χ4n) is 4.81. The number of fused-ring (bicyclic) bond motifs is 3. The molecule has 0 saturated heterocycles. The molecule has 4 N–H and O–H groups in total. The average Bonchev–Trinajstić information content (AvgIpc) is 3.37. The number of aromatic nitrogens is 2. The van der Waals surface area contributed by atoms with Crippen molar-refractivity contribution in [2.75, 3.05) is 5.32 Å². The van der Waals surface area contributed by atoms with Crippen LogP contribution in [0.4, 0.5) is 5.69 Å². The number of nitrogens with two attached hydrogens (primary N) is 1. The zero-order valence-corrected chi connectivity index (χ0v) is 17.2. The van der Waals surface area contributed by atoms with Crippen LogP contribution in [-0.2, 0) is 42.1 Å². The summed E-state index contributed by atoms with van der Waals surface area (Å²) in [6, 6.07) is 2.30. The van der Waals surface area contributed by atoms with E-state index in [1.54, 1.807) is 0 Å². The molecule has 2 unspecified atom stereocenters. The second-order valence-electron chi connectivity index (χ2n) is 8.21. The maximum atomic E-state index is 13.3. The van der Waals surface area contributed by atoms with Crippen LogP contribution >= 0.6 is 0 Å². The van der Waals surface area contributed by atoms with E-state index in [9.17, 15) is 9.00 Å². The Labute approximate surface area is 169 Å². The van der Waals surface area contributed by atoms with Gasteiger partial charge in [-0.25, -0.2) is 18.8 Å². The molecule has 0 saturated carbocycles. The quantitative estimate of drug-likeness (QED) is 0.713. The van der Waals surface area contributed by atoms with Gasteiger partial charge in [-0.05, 0) is 67.7 Å². The van der Waals surface area contributed by atoms with Crippen LogP contribution in [0.1, 0.15) is 58.9 Å². The summed E-state index contributed by atoms with van der Waals surface area (Å²) in [5, 5.41) is 13.1.